The Labute approximate surface area is 97.2 Å². The molecule has 0 fully saturated rings. The fraction of sp³-hybridized carbons (Fsp3) is 0.357. The highest BCUT2D eigenvalue weighted by Gasteiger charge is 2.13. The van der Waals surface area contributed by atoms with Gasteiger partial charge < -0.3 is 10.2 Å². The van der Waals surface area contributed by atoms with E-state index < -0.39 is 0 Å². The number of aliphatic hydroxyl groups excluding tert-OH is 2. The highest BCUT2D eigenvalue weighted by Crippen LogP contribution is 2.26. The Kier molecular flexibility index (Phi) is 5.83. The number of aliphatic hydroxyl groups is 2. The summed E-state index contributed by atoms with van der Waals surface area (Å²) >= 11 is 0. The largest absolute Gasteiger partial charge is 0.396 e. The molecule has 1 radical (unpaired) electrons. The molecule has 0 saturated heterocycles. The fourth-order valence-electron chi connectivity index (χ4n) is 1.86. The molecule has 0 bridgehead atoms. The van der Waals surface area contributed by atoms with E-state index in [-0.39, 0.29) is 13.2 Å². The standard InChI is InChI=1S/C14H19O2/c1-2-5-12(8-10-15)14-7-4-3-6-13(14)9-11-16/h2-4,6-7,15-16H,1,5,8-11H2. The molecule has 0 aliphatic rings. The molecule has 0 unspecified atom stereocenters. The van der Waals surface area contributed by atoms with E-state index in [2.05, 4.69) is 6.58 Å². The summed E-state index contributed by atoms with van der Waals surface area (Å²) in [4.78, 5) is 0. The summed E-state index contributed by atoms with van der Waals surface area (Å²) in [5, 5.41) is 18.0. The van der Waals surface area contributed by atoms with E-state index in [0.717, 1.165) is 17.5 Å². The maximum atomic E-state index is 9.04. The number of hydrogen-bond acceptors (Lipinski definition) is 2. The van der Waals surface area contributed by atoms with Crippen LogP contribution in [0.15, 0.2) is 36.9 Å². The Balaban J connectivity index is 2.92. The van der Waals surface area contributed by atoms with Crippen LogP contribution >= 0.6 is 0 Å². The molecular weight excluding hydrogens is 200 g/mol. The average Bonchev–Trinajstić information content (AvgIpc) is 2.30. The molecular formula is C14H19O2. The monoisotopic (exact) mass is 219 g/mol. The van der Waals surface area contributed by atoms with Gasteiger partial charge in [0.05, 0.1) is 0 Å². The SMILES string of the molecule is C=CC[C](CCO)c1ccccc1CCO. The predicted molar refractivity (Wildman–Crippen MR) is 66.1 cm³/mol. The summed E-state index contributed by atoms with van der Waals surface area (Å²) in [7, 11) is 0. The van der Waals surface area contributed by atoms with Crippen molar-refractivity contribution in [2.24, 2.45) is 0 Å². The third-order valence-corrected chi connectivity index (χ3v) is 2.58. The van der Waals surface area contributed by atoms with Crippen LogP contribution in [0, 0.1) is 5.92 Å². The van der Waals surface area contributed by atoms with Crippen LogP contribution in [0.3, 0.4) is 0 Å². The second-order valence-electron chi connectivity index (χ2n) is 3.70. The second-order valence-corrected chi connectivity index (χ2v) is 3.70. The van der Waals surface area contributed by atoms with Crippen LogP contribution in [0.25, 0.3) is 0 Å². The molecule has 2 nitrogen and oxygen atoms in total. The Morgan fingerprint density at radius 3 is 2.56 bits per heavy atom. The van der Waals surface area contributed by atoms with Crippen molar-refractivity contribution in [3.8, 4) is 0 Å². The van der Waals surface area contributed by atoms with Crippen molar-refractivity contribution in [1.29, 1.82) is 0 Å². The van der Waals surface area contributed by atoms with Crippen LogP contribution in [-0.4, -0.2) is 23.4 Å². The number of hydrogen-bond donors (Lipinski definition) is 2. The smallest absolute Gasteiger partial charge is 0.0471 e. The number of rotatable bonds is 7. The highest BCUT2D eigenvalue weighted by atomic mass is 16.3. The lowest BCUT2D eigenvalue weighted by molar-refractivity contribution is 0.292. The van der Waals surface area contributed by atoms with Gasteiger partial charge in [-0.05, 0) is 30.4 Å². The zero-order valence-electron chi connectivity index (χ0n) is 9.52. The van der Waals surface area contributed by atoms with Crippen molar-refractivity contribution in [3.63, 3.8) is 0 Å². The van der Waals surface area contributed by atoms with Crippen molar-refractivity contribution in [2.45, 2.75) is 19.3 Å². The van der Waals surface area contributed by atoms with Gasteiger partial charge in [0.2, 0.25) is 0 Å². The first-order valence-corrected chi connectivity index (χ1v) is 5.59. The Bertz CT molecular complexity index is 320. The van der Waals surface area contributed by atoms with E-state index in [4.69, 9.17) is 10.2 Å². The summed E-state index contributed by atoms with van der Waals surface area (Å²) in [6, 6.07) is 8.02. The van der Waals surface area contributed by atoms with Crippen molar-refractivity contribution in [1.82, 2.24) is 0 Å². The van der Waals surface area contributed by atoms with Gasteiger partial charge in [0, 0.05) is 19.1 Å². The zero-order valence-corrected chi connectivity index (χ0v) is 9.52. The first kappa shape index (κ1) is 12.9. The molecule has 2 heteroatoms. The average molecular weight is 219 g/mol. The molecule has 0 aliphatic heterocycles. The summed E-state index contributed by atoms with van der Waals surface area (Å²) in [5.41, 5.74) is 2.28. The van der Waals surface area contributed by atoms with Crippen molar-refractivity contribution in [2.75, 3.05) is 13.2 Å². The summed E-state index contributed by atoms with van der Waals surface area (Å²) < 4.78 is 0. The van der Waals surface area contributed by atoms with Gasteiger partial charge in [0.1, 0.15) is 0 Å². The van der Waals surface area contributed by atoms with E-state index in [1.54, 1.807) is 0 Å². The van der Waals surface area contributed by atoms with Crippen molar-refractivity contribution >= 4 is 0 Å². The normalized spacial score (nSPS) is 10.7. The van der Waals surface area contributed by atoms with Crippen molar-refractivity contribution in [3.05, 3.63) is 54.0 Å². The van der Waals surface area contributed by atoms with Gasteiger partial charge in [-0.3, -0.25) is 0 Å². The molecule has 0 aromatic heterocycles. The Morgan fingerprint density at radius 2 is 1.94 bits per heavy atom. The Hall–Kier alpha value is -1.12. The molecule has 2 N–H and O–H groups in total. The molecule has 0 amide bonds. The van der Waals surface area contributed by atoms with Gasteiger partial charge in [-0.25, -0.2) is 0 Å². The van der Waals surface area contributed by atoms with Gasteiger partial charge in [0.15, 0.2) is 0 Å². The minimum absolute atomic E-state index is 0.149. The van der Waals surface area contributed by atoms with Gasteiger partial charge in [-0.1, -0.05) is 30.3 Å². The van der Waals surface area contributed by atoms with E-state index in [0.29, 0.717) is 12.8 Å². The summed E-state index contributed by atoms with van der Waals surface area (Å²) in [6.45, 7) is 4.03. The maximum absolute atomic E-state index is 9.04. The molecule has 0 aliphatic carbocycles. The lowest BCUT2D eigenvalue weighted by Crippen LogP contribution is -2.06. The molecule has 0 atom stereocenters. The molecule has 0 heterocycles. The zero-order chi connectivity index (χ0) is 11.8. The first-order valence-electron chi connectivity index (χ1n) is 5.59. The highest BCUT2D eigenvalue weighted by molar-refractivity contribution is 5.39. The molecule has 1 aromatic rings. The van der Waals surface area contributed by atoms with E-state index in [9.17, 15) is 0 Å². The van der Waals surface area contributed by atoms with Crippen molar-refractivity contribution < 1.29 is 10.2 Å². The third kappa shape index (κ3) is 3.47. The summed E-state index contributed by atoms with van der Waals surface area (Å²) in [6.07, 6.45) is 3.94. The molecule has 16 heavy (non-hydrogen) atoms. The first-order chi connectivity index (χ1) is 7.83. The van der Waals surface area contributed by atoms with E-state index in [1.165, 1.54) is 5.92 Å². The van der Waals surface area contributed by atoms with Crippen LogP contribution in [-0.2, 0) is 6.42 Å². The van der Waals surface area contributed by atoms with Gasteiger partial charge in [-0.2, -0.15) is 0 Å². The number of benzene rings is 1. The van der Waals surface area contributed by atoms with Crippen LogP contribution in [0.5, 0.6) is 0 Å². The minimum Gasteiger partial charge on any atom is -0.396 e. The van der Waals surface area contributed by atoms with E-state index >= 15 is 0 Å². The lowest BCUT2D eigenvalue weighted by Gasteiger charge is -2.17. The van der Waals surface area contributed by atoms with Gasteiger partial charge >= 0.3 is 0 Å². The van der Waals surface area contributed by atoms with Crippen LogP contribution in [0.2, 0.25) is 0 Å². The maximum Gasteiger partial charge on any atom is 0.0471 e. The van der Waals surface area contributed by atoms with Crippen LogP contribution in [0.4, 0.5) is 0 Å². The van der Waals surface area contributed by atoms with Gasteiger partial charge in [0.25, 0.3) is 0 Å². The Morgan fingerprint density at radius 1 is 1.19 bits per heavy atom. The minimum atomic E-state index is 0.149. The van der Waals surface area contributed by atoms with Crippen LogP contribution < -0.4 is 0 Å². The second kappa shape index (κ2) is 7.20. The fourth-order valence-corrected chi connectivity index (χ4v) is 1.86. The molecule has 0 saturated carbocycles. The predicted octanol–water partition coefficient (Wildman–Crippen LogP) is 2.10. The molecule has 0 spiro atoms. The molecule has 1 rings (SSSR count). The lowest BCUT2D eigenvalue weighted by atomic mass is 9.88. The number of allylic oxidation sites excluding steroid dienone is 1. The molecule has 87 valence electrons. The van der Waals surface area contributed by atoms with Crippen LogP contribution in [0.1, 0.15) is 24.0 Å². The topological polar surface area (TPSA) is 40.5 Å². The quantitative estimate of drug-likeness (QED) is 0.689. The summed E-state index contributed by atoms with van der Waals surface area (Å²) in [5.74, 6) is 1.18. The van der Waals surface area contributed by atoms with E-state index in [1.807, 2.05) is 30.3 Å². The third-order valence-electron chi connectivity index (χ3n) is 2.58. The molecule has 1 aromatic carbocycles. The van der Waals surface area contributed by atoms with Gasteiger partial charge in [-0.15, -0.1) is 6.58 Å².